The van der Waals surface area contributed by atoms with Crippen LogP contribution in [0, 0.1) is 0 Å². The molecule has 12 nitrogen and oxygen atoms in total. The highest BCUT2D eigenvalue weighted by molar-refractivity contribution is 7.80. The lowest BCUT2D eigenvalue weighted by molar-refractivity contribution is -0.301. The average Bonchev–Trinajstić information content (AvgIpc) is 3.42. The van der Waals surface area contributed by atoms with Crippen molar-refractivity contribution in [1.82, 2.24) is 0 Å². The number of ether oxygens (including phenoxy) is 4. The van der Waals surface area contributed by atoms with Gasteiger partial charge in [-0.25, -0.2) is 4.18 Å². The van der Waals surface area contributed by atoms with Gasteiger partial charge in [0.2, 0.25) is 0 Å². The van der Waals surface area contributed by atoms with Crippen molar-refractivity contribution in [3.05, 3.63) is 97.2 Å². The van der Waals surface area contributed by atoms with Gasteiger partial charge in [-0.3, -0.25) is 9.35 Å². The molecule has 0 bridgehead atoms. The first-order valence-corrected chi connectivity index (χ1v) is 32.4. The first-order valence-electron chi connectivity index (χ1n) is 31.0. The van der Waals surface area contributed by atoms with Crippen molar-refractivity contribution in [3.8, 4) is 0 Å². The molecule has 0 saturated carbocycles. The number of aliphatic hydroxyl groups excluding tert-OH is 3. The zero-order valence-corrected chi connectivity index (χ0v) is 49.8. The fraction of sp³-hybridized carbons (Fsp3) is 0.738. The average molecular weight is 1120 g/mol. The van der Waals surface area contributed by atoms with Gasteiger partial charge < -0.3 is 34.3 Å². The second kappa shape index (κ2) is 54.6. The van der Waals surface area contributed by atoms with Crippen LogP contribution in [-0.4, -0.2) is 97.5 Å². The third-order valence-corrected chi connectivity index (χ3v) is 14.2. The molecule has 1 fully saturated rings. The van der Waals surface area contributed by atoms with Crippen LogP contribution in [0.3, 0.4) is 0 Å². The Morgan fingerprint density at radius 2 is 0.846 bits per heavy atom. The maximum atomic E-state index is 13.0. The zero-order chi connectivity index (χ0) is 56.7. The molecule has 0 aliphatic carbocycles. The van der Waals surface area contributed by atoms with Crippen LogP contribution in [0.2, 0.25) is 0 Å². The van der Waals surface area contributed by atoms with Gasteiger partial charge in [-0.1, -0.05) is 246 Å². The van der Waals surface area contributed by atoms with Crippen molar-refractivity contribution < 1.29 is 56.2 Å². The summed E-state index contributed by atoms with van der Waals surface area (Å²) in [6, 6.07) is 0. The summed E-state index contributed by atoms with van der Waals surface area (Å²) in [6.07, 6.45) is 67.3. The third kappa shape index (κ3) is 46.7. The van der Waals surface area contributed by atoms with Crippen LogP contribution >= 0.6 is 0 Å². The predicted octanol–water partition coefficient (Wildman–Crippen LogP) is 16.1. The van der Waals surface area contributed by atoms with Gasteiger partial charge in [0.05, 0.1) is 19.8 Å². The van der Waals surface area contributed by atoms with Gasteiger partial charge in [-0.05, 0) is 89.9 Å². The minimum atomic E-state index is -5.07. The molecule has 0 spiro atoms. The van der Waals surface area contributed by atoms with E-state index in [4.69, 9.17) is 18.9 Å². The highest BCUT2D eigenvalue weighted by Gasteiger charge is 2.48. The Kier molecular flexibility index (Phi) is 51.1. The van der Waals surface area contributed by atoms with Gasteiger partial charge in [0, 0.05) is 13.0 Å². The van der Waals surface area contributed by atoms with E-state index in [1.165, 1.54) is 122 Å². The van der Waals surface area contributed by atoms with E-state index in [0.29, 0.717) is 13.0 Å². The number of unbranched alkanes of at least 4 members (excludes halogenated alkanes) is 25. The van der Waals surface area contributed by atoms with Gasteiger partial charge in [0.25, 0.3) is 0 Å². The van der Waals surface area contributed by atoms with Crippen molar-refractivity contribution in [1.29, 1.82) is 0 Å². The Bertz CT molecular complexity index is 1720. The Morgan fingerprint density at radius 3 is 1.23 bits per heavy atom. The van der Waals surface area contributed by atoms with Crippen LogP contribution in [0.5, 0.6) is 0 Å². The van der Waals surface area contributed by atoms with E-state index in [1.54, 1.807) is 0 Å². The number of carbonyl (C=O) groups excluding carboxylic acids is 1. The highest BCUT2D eigenvalue weighted by Crippen LogP contribution is 2.26. The Balaban J connectivity index is 2.26. The fourth-order valence-corrected chi connectivity index (χ4v) is 9.64. The zero-order valence-electron chi connectivity index (χ0n) is 48.9. The summed E-state index contributed by atoms with van der Waals surface area (Å²) >= 11 is 0. The summed E-state index contributed by atoms with van der Waals surface area (Å²) in [5, 5.41) is 30.9. The summed E-state index contributed by atoms with van der Waals surface area (Å²) in [7, 11) is -5.07. The molecule has 0 radical (unpaired) electrons. The smallest absolute Gasteiger partial charge is 0.397 e. The second-order valence-electron chi connectivity index (χ2n) is 20.9. The molecule has 0 aromatic carbocycles. The summed E-state index contributed by atoms with van der Waals surface area (Å²) < 4.78 is 59.6. The molecule has 450 valence electrons. The van der Waals surface area contributed by atoms with E-state index in [9.17, 15) is 33.1 Å². The second-order valence-corrected chi connectivity index (χ2v) is 21.9. The first kappa shape index (κ1) is 73.0. The largest absolute Gasteiger partial charge is 0.457 e. The van der Waals surface area contributed by atoms with Gasteiger partial charge in [0.1, 0.15) is 30.5 Å². The van der Waals surface area contributed by atoms with Crippen molar-refractivity contribution in [3.63, 3.8) is 0 Å². The molecule has 1 heterocycles. The molecule has 1 rings (SSSR count). The molecule has 1 aliphatic rings. The third-order valence-electron chi connectivity index (χ3n) is 13.7. The monoisotopic (exact) mass is 1120 g/mol. The van der Waals surface area contributed by atoms with Crippen LogP contribution in [0.1, 0.15) is 245 Å². The number of hydrogen-bond acceptors (Lipinski definition) is 11. The molecule has 0 aromatic rings. The summed E-state index contributed by atoms with van der Waals surface area (Å²) in [4.78, 5) is 13.0. The lowest BCUT2D eigenvalue weighted by Crippen LogP contribution is -2.60. The maximum Gasteiger partial charge on any atom is 0.397 e. The molecule has 0 amide bonds. The molecular weight excluding hydrogens is 1000 g/mol. The lowest BCUT2D eigenvalue weighted by atomic mass is 9.99. The van der Waals surface area contributed by atoms with Crippen molar-refractivity contribution >= 4 is 16.4 Å². The molecule has 13 heteroatoms. The van der Waals surface area contributed by atoms with Gasteiger partial charge in [-0.2, -0.15) is 8.42 Å². The minimum absolute atomic E-state index is 0.0306. The molecule has 0 aromatic heterocycles. The standard InChI is InChI=1S/C65H112O12S/c1-3-5-7-9-11-13-15-17-19-21-23-25-27-29-31-33-35-37-39-41-43-45-47-49-51-53-55-73-57-59(58-74-65-63(69)64(77-78(70,71)72)62(68)60(56-66)76-65)75-61(67)54-52-50-48-46-44-42-40-38-36-34-32-30-28-26-24-22-20-18-16-14-12-10-8-6-4-2/h5-8,11-14,17-20,23-26,59-60,62-66,68-69H,3-4,9-10,15-16,21-22,27-58H2,1-2H3,(H,70,71,72)/b7-5-,8-6-,13-11-,14-12-,19-17-,20-18-,25-23-,26-24-. The topological polar surface area (TPSA) is 178 Å². The molecule has 1 aliphatic heterocycles. The quantitative estimate of drug-likeness (QED) is 0.0196. The number of aliphatic hydroxyl groups is 3. The normalized spacial score (nSPS) is 19.1. The van der Waals surface area contributed by atoms with E-state index in [-0.39, 0.29) is 19.6 Å². The summed E-state index contributed by atoms with van der Waals surface area (Å²) in [5.41, 5.74) is 0. The van der Waals surface area contributed by atoms with Crippen molar-refractivity contribution in [2.45, 2.75) is 282 Å². The van der Waals surface area contributed by atoms with Crippen LogP contribution in [0.4, 0.5) is 0 Å². The summed E-state index contributed by atoms with van der Waals surface area (Å²) in [5.74, 6) is -0.402. The molecular formula is C65H112O12S. The predicted molar refractivity (Wildman–Crippen MR) is 322 cm³/mol. The van der Waals surface area contributed by atoms with Crippen molar-refractivity contribution in [2.24, 2.45) is 0 Å². The molecule has 6 unspecified atom stereocenters. The lowest BCUT2D eigenvalue weighted by Gasteiger charge is -2.41. The number of rotatable bonds is 54. The van der Waals surface area contributed by atoms with E-state index < -0.39 is 59.8 Å². The molecule has 78 heavy (non-hydrogen) atoms. The van der Waals surface area contributed by atoms with Crippen LogP contribution < -0.4 is 0 Å². The van der Waals surface area contributed by atoms with Gasteiger partial charge >= 0.3 is 16.4 Å². The van der Waals surface area contributed by atoms with E-state index >= 15 is 0 Å². The first-order chi connectivity index (χ1) is 38.1. The number of hydrogen-bond donors (Lipinski definition) is 4. The van der Waals surface area contributed by atoms with E-state index in [2.05, 4.69) is 115 Å². The fourth-order valence-electron chi connectivity index (χ4n) is 9.13. The Hall–Kier alpha value is -2.98. The van der Waals surface area contributed by atoms with Crippen molar-refractivity contribution in [2.75, 3.05) is 26.4 Å². The Labute approximate surface area is 476 Å². The number of allylic oxidation sites excluding steroid dienone is 16. The number of esters is 1. The highest BCUT2D eigenvalue weighted by atomic mass is 32.3. The maximum absolute atomic E-state index is 13.0. The van der Waals surface area contributed by atoms with Crippen LogP contribution in [-0.2, 0) is 38.3 Å². The van der Waals surface area contributed by atoms with Crippen LogP contribution in [0.25, 0.3) is 0 Å². The molecule has 1 saturated heterocycles. The Morgan fingerprint density at radius 1 is 0.487 bits per heavy atom. The van der Waals surface area contributed by atoms with Gasteiger partial charge in [0.15, 0.2) is 6.29 Å². The van der Waals surface area contributed by atoms with E-state index in [1.807, 2.05) is 0 Å². The minimum Gasteiger partial charge on any atom is -0.457 e. The number of carbonyl (C=O) groups is 1. The summed E-state index contributed by atoms with van der Waals surface area (Å²) in [6.45, 7) is 3.79. The van der Waals surface area contributed by atoms with Gasteiger partial charge in [-0.15, -0.1) is 0 Å². The molecule has 6 atom stereocenters. The molecule has 4 N–H and O–H groups in total. The van der Waals surface area contributed by atoms with E-state index in [0.717, 1.165) is 96.3 Å². The SMILES string of the molecule is CC/C=C\C/C=C\C/C=C\C/C=C\CCCCCCCCCCCCCCCOCC(COC1OC(CO)C(O)C(OS(=O)(=O)O)C1O)OC(=O)CCCCCCCCCCCCCC/C=C\C/C=C\C/C=C\C/C=C\CC. The van der Waals surface area contributed by atoms with Crippen LogP contribution in [0.15, 0.2) is 97.2 Å².